The van der Waals surface area contributed by atoms with Crippen LogP contribution in [0, 0.1) is 6.92 Å². The molecule has 0 saturated heterocycles. The second-order valence-corrected chi connectivity index (χ2v) is 30.6. The monoisotopic (exact) mass is 1020 g/mol. The molecular weight excluding hydrogens is 971 g/mol. The number of halogens is 2. The van der Waals surface area contributed by atoms with Gasteiger partial charge in [0, 0.05) is 20.1 Å². The van der Waals surface area contributed by atoms with Crippen molar-refractivity contribution in [3.63, 3.8) is 0 Å². The maximum atomic E-state index is 5.56. The van der Waals surface area contributed by atoms with Crippen LogP contribution in [-0.2, 0) is 0 Å². The standard InChI is InChI=1S/C21H15N2.C20H12Br2N2.3C4H9.Sn/c1-15-9-8-14-18-19(15)23-21(17-12-6-3-7-13-17)20(22-18)16-10-4-2-5-11-16;21-15-11-12-16(22)20-19(15)23-17(13-7-3-1-4-8-13)18(24-20)14-9-5-2-6-10-14;3*1-3-4-2;/h2-13H,1H3;1-12H;3*1,3-4H2,2H3;. The Bertz CT molecular complexity index is 2530. The molecule has 0 radical (unpaired) electrons. The predicted octanol–water partition coefficient (Wildman–Crippen LogP) is 15.8. The quantitative estimate of drug-likeness (QED) is 0.102. The Morgan fingerprint density at radius 2 is 0.700 bits per heavy atom. The summed E-state index contributed by atoms with van der Waals surface area (Å²) in [5.74, 6) is 0. The van der Waals surface area contributed by atoms with Crippen molar-refractivity contribution in [1.82, 2.24) is 19.9 Å². The molecule has 0 aliphatic heterocycles. The maximum absolute atomic E-state index is 5.56. The van der Waals surface area contributed by atoms with Crippen LogP contribution < -0.4 is 3.58 Å². The van der Waals surface area contributed by atoms with Gasteiger partial charge in [0.25, 0.3) is 0 Å². The average molecular weight is 1030 g/mol. The molecule has 304 valence electrons. The first-order chi connectivity index (χ1) is 29.4. The molecule has 6 aromatic carbocycles. The van der Waals surface area contributed by atoms with Crippen molar-refractivity contribution in [2.75, 3.05) is 0 Å². The molecule has 0 saturated carbocycles. The summed E-state index contributed by atoms with van der Waals surface area (Å²) in [6.07, 6.45) is 7.87. The Hall–Kier alpha value is -4.24. The molecule has 60 heavy (non-hydrogen) atoms. The summed E-state index contributed by atoms with van der Waals surface area (Å²) in [4.78, 5) is 20.9. The fourth-order valence-electron chi connectivity index (χ4n) is 8.28. The molecule has 0 N–H and O–H groups in total. The van der Waals surface area contributed by atoms with Crippen molar-refractivity contribution < 1.29 is 0 Å². The molecule has 0 unspecified atom stereocenters. The number of rotatable bonds is 14. The second-order valence-electron chi connectivity index (χ2n) is 15.8. The van der Waals surface area contributed by atoms with Crippen LogP contribution in [-0.4, -0.2) is 38.3 Å². The number of aromatic nitrogens is 4. The zero-order chi connectivity index (χ0) is 41.9. The molecule has 0 spiro atoms. The van der Waals surface area contributed by atoms with Crippen LogP contribution in [0.25, 0.3) is 67.1 Å². The van der Waals surface area contributed by atoms with Gasteiger partial charge in [-0.1, -0.05) is 60.7 Å². The number of hydrogen-bond acceptors (Lipinski definition) is 4. The van der Waals surface area contributed by atoms with Crippen LogP contribution in [0.4, 0.5) is 0 Å². The topological polar surface area (TPSA) is 51.6 Å². The molecule has 7 heteroatoms. The summed E-state index contributed by atoms with van der Waals surface area (Å²) in [6.45, 7) is 9.26. The van der Waals surface area contributed by atoms with E-state index in [9.17, 15) is 0 Å². The molecule has 0 amide bonds. The number of fused-ring (bicyclic) bond motifs is 2. The van der Waals surface area contributed by atoms with Crippen molar-refractivity contribution in [2.45, 2.75) is 79.5 Å². The number of benzene rings is 6. The number of unbranched alkanes of at least 4 members (excludes halogenated alkanes) is 3. The molecule has 0 aliphatic rings. The zero-order valence-corrected chi connectivity index (χ0v) is 41.3. The Kier molecular flexibility index (Phi) is 15.4. The van der Waals surface area contributed by atoms with Gasteiger partial charge in [-0.2, -0.15) is 0 Å². The van der Waals surface area contributed by atoms with Crippen molar-refractivity contribution in [1.29, 1.82) is 0 Å². The first-order valence-corrected chi connectivity index (χ1v) is 30.6. The van der Waals surface area contributed by atoms with E-state index in [-0.39, 0.29) is 0 Å². The minimum atomic E-state index is -2.72. The number of hydrogen-bond donors (Lipinski definition) is 0. The number of aryl methyl sites for hydroxylation is 1. The van der Waals surface area contributed by atoms with Gasteiger partial charge in [0.1, 0.15) is 11.0 Å². The normalized spacial score (nSPS) is 11.4. The fraction of sp³-hybridized carbons (Fsp3) is 0.245. The van der Waals surface area contributed by atoms with Crippen LogP contribution in [0.3, 0.4) is 0 Å². The van der Waals surface area contributed by atoms with Crippen LogP contribution >= 0.6 is 31.9 Å². The van der Waals surface area contributed by atoms with E-state index < -0.39 is 18.4 Å². The Labute approximate surface area is 377 Å². The SMILES string of the molecule is Brc1ccc(Br)c2nc(-c3ccccc3)c(-c3ccccc3)nc12.CCC[CH2][Sn]([CH2]CCC)([CH2]CCC)[c]1ccc(C)c2nc(-c3ccccc3)c(-c3ccccc3)nc12. The molecule has 0 aliphatic carbocycles. The van der Waals surface area contributed by atoms with Crippen LogP contribution in [0.2, 0.25) is 13.3 Å². The second kappa shape index (κ2) is 21.0. The minimum absolute atomic E-state index is 0.850. The van der Waals surface area contributed by atoms with Crippen molar-refractivity contribution in [3.8, 4) is 45.0 Å². The third kappa shape index (κ3) is 9.93. The van der Waals surface area contributed by atoms with Gasteiger partial charge >= 0.3 is 223 Å². The van der Waals surface area contributed by atoms with E-state index >= 15 is 0 Å². The summed E-state index contributed by atoms with van der Waals surface area (Å²) in [5.41, 5.74) is 13.4. The van der Waals surface area contributed by atoms with Gasteiger partial charge in [-0.05, 0) is 44.0 Å². The summed E-state index contributed by atoms with van der Waals surface area (Å²) in [5, 5.41) is 0. The predicted molar refractivity (Wildman–Crippen MR) is 265 cm³/mol. The summed E-state index contributed by atoms with van der Waals surface area (Å²) in [7, 11) is 0. The third-order valence-electron chi connectivity index (χ3n) is 11.5. The van der Waals surface area contributed by atoms with E-state index in [1.165, 1.54) is 62.9 Å². The molecule has 8 aromatic rings. The van der Waals surface area contributed by atoms with E-state index in [2.05, 4.69) is 157 Å². The van der Waals surface area contributed by atoms with Crippen LogP contribution in [0.1, 0.15) is 64.9 Å². The Morgan fingerprint density at radius 1 is 0.383 bits per heavy atom. The van der Waals surface area contributed by atoms with Crippen molar-refractivity contribution in [3.05, 3.63) is 160 Å². The summed E-state index contributed by atoms with van der Waals surface area (Å²) >= 11 is 4.47. The van der Waals surface area contributed by atoms with Crippen LogP contribution in [0.15, 0.2) is 155 Å². The Balaban J connectivity index is 0.000000196. The molecule has 2 aromatic heterocycles. The zero-order valence-electron chi connectivity index (χ0n) is 35.3. The van der Waals surface area contributed by atoms with E-state index in [0.717, 1.165) is 70.5 Å². The molecular formula is C53H54Br2N4Sn. The molecule has 8 rings (SSSR count). The molecule has 0 atom stereocenters. The van der Waals surface area contributed by atoms with Gasteiger partial charge in [-0.25, -0.2) is 9.97 Å². The van der Waals surface area contributed by atoms with E-state index in [1.807, 2.05) is 48.5 Å². The molecule has 0 fully saturated rings. The molecule has 2 heterocycles. The average Bonchev–Trinajstić information content (AvgIpc) is 3.31. The summed E-state index contributed by atoms with van der Waals surface area (Å²) in [6, 6.07) is 50.4. The fourth-order valence-corrected chi connectivity index (χ4v) is 25.5. The first kappa shape index (κ1) is 43.8. The van der Waals surface area contributed by atoms with Crippen molar-refractivity contribution in [2.24, 2.45) is 0 Å². The van der Waals surface area contributed by atoms with E-state index in [0.29, 0.717) is 0 Å². The molecule has 0 bridgehead atoms. The van der Waals surface area contributed by atoms with Gasteiger partial charge in [-0.15, -0.1) is 0 Å². The molecule has 4 nitrogen and oxygen atoms in total. The van der Waals surface area contributed by atoms with E-state index in [1.54, 1.807) is 3.58 Å². The van der Waals surface area contributed by atoms with Crippen LogP contribution in [0.5, 0.6) is 0 Å². The van der Waals surface area contributed by atoms with Gasteiger partial charge in [-0.3, -0.25) is 0 Å². The van der Waals surface area contributed by atoms with E-state index in [4.69, 9.17) is 19.9 Å². The number of nitrogens with zero attached hydrogens (tertiary/aromatic N) is 4. The Morgan fingerprint density at radius 3 is 1.03 bits per heavy atom. The summed E-state index contributed by atoms with van der Waals surface area (Å²) < 4.78 is 7.81. The van der Waals surface area contributed by atoms with Gasteiger partial charge in [0.15, 0.2) is 0 Å². The van der Waals surface area contributed by atoms with Gasteiger partial charge < -0.3 is 0 Å². The van der Waals surface area contributed by atoms with Gasteiger partial charge in [0.2, 0.25) is 0 Å². The first-order valence-electron chi connectivity index (χ1n) is 21.6. The van der Waals surface area contributed by atoms with Crippen molar-refractivity contribution >= 4 is 75.9 Å². The third-order valence-corrected chi connectivity index (χ3v) is 28.5. The van der Waals surface area contributed by atoms with Gasteiger partial charge in [0.05, 0.1) is 11.4 Å².